The fourth-order valence-corrected chi connectivity index (χ4v) is 1.99. The average Bonchev–Trinajstić information content (AvgIpc) is 2.17. The Morgan fingerprint density at radius 2 is 2.29 bits per heavy atom. The molecule has 3 N–H and O–H groups in total. The van der Waals surface area contributed by atoms with Crippen molar-refractivity contribution in [2.24, 2.45) is 5.73 Å². The second-order valence-electron chi connectivity index (χ2n) is 3.86. The van der Waals surface area contributed by atoms with E-state index in [-0.39, 0.29) is 12.6 Å². The summed E-state index contributed by atoms with van der Waals surface area (Å²) < 4.78 is 5.61. The van der Waals surface area contributed by atoms with Crippen LogP contribution < -0.4 is 10.5 Å². The summed E-state index contributed by atoms with van der Waals surface area (Å²) >= 11 is 0. The lowest BCUT2D eigenvalue weighted by Gasteiger charge is -2.36. The Balaban J connectivity index is 2.48. The normalized spacial score (nSPS) is 30.6. The molecule has 2 atom stereocenters. The van der Waals surface area contributed by atoms with Gasteiger partial charge in [0.05, 0.1) is 6.10 Å². The minimum absolute atomic E-state index is 0.0125. The van der Waals surface area contributed by atoms with Gasteiger partial charge in [0.2, 0.25) is 0 Å². The van der Waals surface area contributed by atoms with Crippen LogP contribution in [0.4, 0.5) is 0 Å². The van der Waals surface area contributed by atoms with Crippen molar-refractivity contribution in [3.8, 4) is 5.75 Å². The predicted molar refractivity (Wildman–Crippen MR) is 54.1 cm³/mol. The number of nitrogens with two attached hydrogens (primary N) is 1. The van der Waals surface area contributed by atoms with Crippen LogP contribution in [0.15, 0.2) is 24.3 Å². The molecule has 0 spiro atoms. The van der Waals surface area contributed by atoms with Crippen molar-refractivity contribution in [2.45, 2.75) is 25.0 Å². The zero-order chi connectivity index (χ0) is 10.2. The molecule has 1 aromatic rings. The minimum Gasteiger partial charge on any atom is -0.490 e. The Bertz CT molecular complexity index is 340. The lowest BCUT2D eigenvalue weighted by molar-refractivity contribution is -0.0184. The van der Waals surface area contributed by atoms with E-state index in [1.807, 2.05) is 31.2 Å². The predicted octanol–water partition coefficient (Wildman–Crippen LogP) is 1.00. The zero-order valence-corrected chi connectivity index (χ0v) is 8.23. The molecule has 2 rings (SSSR count). The van der Waals surface area contributed by atoms with Gasteiger partial charge in [0.15, 0.2) is 0 Å². The molecule has 1 aliphatic heterocycles. The van der Waals surface area contributed by atoms with Gasteiger partial charge in [-0.15, -0.1) is 0 Å². The molecule has 14 heavy (non-hydrogen) atoms. The Labute approximate surface area is 83.5 Å². The summed E-state index contributed by atoms with van der Waals surface area (Å²) in [6.07, 6.45) is 0.569. The van der Waals surface area contributed by atoms with Crippen LogP contribution in [-0.4, -0.2) is 17.8 Å². The van der Waals surface area contributed by atoms with Gasteiger partial charge in [-0.3, -0.25) is 0 Å². The van der Waals surface area contributed by atoms with E-state index in [9.17, 15) is 5.11 Å². The fraction of sp³-hybridized carbons (Fsp3) is 0.455. The smallest absolute Gasteiger partial charge is 0.125 e. The molecule has 0 radical (unpaired) electrons. The molecule has 0 saturated carbocycles. The van der Waals surface area contributed by atoms with Gasteiger partial charge in [0, 0.05) is 18.5 Å². The molecular formula is C11H15NO2. The van der Waals surface area contributed by atoms with Gasteiger partial charge in [-0.2, -0.15) is 0 Å². The molecule has 1 aromatic carbocycles. The van der Waals surface area contributed by atoms with E-state index in [2.05, 4.69) is 0 Å². The third-order valence-corrected chi connectivity index (χ3v) is 2.68. The molecule has 1 aliphatic rings. The molecule has 3 nitrogen and oxygen atoms in total. The molecule has 76 valence electrons. The van der Waals surface area contributed by atoms with E-state index < -0.39 is 5.60 Å². The van der Waals surface area contributed by atoms with Crippen LogP contribution >= 0.6 is 0 Å². The highest BCUT2D eigenvalue weighted by Gasteiger charge is 2.37. The summed E-state index contributed by atoms with van der Waals surface area (Å²) in [6, 6.07) is 7.52. The van der Waals surface area contributed by atoms with Gasteiger partial charge in [-0.1, -0.05) is 18.2 Å². The third kappa shape index (κ3) is 1.38. The van der Waals surface area contributed by atoms with Crippen molar-refractivity contribution in [2.75, 3.05) is 6.54 Å². The molecule has 0 fully saturated rings. The number of rotatable bonds is 1. The Kier molecular flexibility index (Phi) is 2.21. The summed E-state index contributed by atoms with van der Waals surface area (Å²) in [7, 11) is 0. The van der Waals surface area contributed by atoms with Crippen LogP contribution in [0, 0.1) is 0 Å². The lowest BCUT2D eigenvalue weighted by atomic mass is 9.86. The highest BCUT2D eigenvalue weighted by molar-refractivity contribution is 5.40. The number of ether oxygens (including phenoxy) is 1. The van der Waals surface area contributed by atoms with Gasteiger partial charge >= 0.3 is 0 Å². The van der Waals surface area contributed by atoms with Crippen molar-refractivity contribution < 1.29 is 9.84 Å². The first kappa shape index (κ1) is 9.49. The zero-order valence-electron chi connectivity index (χ0n) is 8.23. The molecule has 0 aromatic heterocycles. The van der Waals surface area contributed by atoms with E-state index >= 15 is 0 Å². The van der Waals surface area contributed by atoms with Crippen LogP contribution in [0.25, 0.3) is 0 Å². The van der Waals surface area contributed by atoms with Crippen molar-refractivity contribution in [1.82, 2.24) is 0 Å². The quantitative estimate of drug-likeness (QED) is 0.699. The van der Waals surface area contributed by atoms with Gasteiger partial charge in [0.25, 0.3) is 0 Å². The van der Waals surface area contributed by atoms with Crippen LogP contribution in [0.3, 0.4) is 0 Å². The summed E-state index contributed by atoms with van der Waals surface area (Å²) in [5.41, 5.74) is 5.49. The largest absolute Gasteiger partial charge is 0.490 e. The number of hydrogen-bond donors (Lipinski definition) is 2. The molecule has 0 bridgehead atoms. The second kappa shape index (κ2) is 3.26. The Hall–Kier alpha value is -1.06. The number of aliphatic hydroxyl groups is 1. The van der Waals surface area contributed by atoms with Crippen molar-refractivity contribution in [1.29, 1.82) is 0 Å². The maximum atomic E-state index is 10.3. The second-order valence-corrected chi connectivity index (χ2v) is 3.86. The Morgan fingerprint density at radius 1 is 1.57 bits per heavy atom. The van der Waals surface area contributed by atoms with Crippen LogP contribution in [0.2, 0.25) is 0 Å². The first-order valence-corrected chi connectivity index (χ1v) is 4.84. The SMILES string of the molecule is CC1CC(O)(CN)c2ccccc2O1. The van der Waals surface area contributed by atoms with Crippen molar-refractivity contribution in [3.05, 3.63) is 29.8 Å². The molecule has 2 unspecified atom stereocenters. The molecule has 0 amide bonds. The van der Waals surface area contributed by atoms with E-state index in [0.717, 1.165) is 11.3 Å². The molecular weight excluding hydrogens is 178 g/mol. The minimum atomic E-state index is -0.922. The standard InChI is InChI=1S/C11H15NO2/c1-8-6-11(13,7-12)9-4-2-3-5-10(9)14-8/h2-5,8,13H,6-7,12H2,1H3. The van der Waals surface area contributed by atoms with E-state index in [1.54, 1.807) is 0 Å². The lowest BCUT2D eigenvalue weighted by Crippen LogP contribution is -2.42. The number of hydrogen-bond acceptors (Lipinski definition) is 3. The number of para-hydroxylation sites is 1. The Morgan fingerprint density at radius 3 is 3.00 bits per heavy atom. The maximum absolute atomic E-state index is 10.3. The van der Waals surface area contributed by atoms with E-state index in [1.165, 1.54) is 0 Å². The first-order chi connectivity index (χ1) is 6.65. The van der Waals surface area contributed by atoms with Gasteiger partial charge in [0.1, 0.15) is 11.4 Å². The van der Waals surface area contributed by atoms with Gasteiger partial charge in [-0.25, -0.2) is 0 Å². The fourth-order valence-electron chi connectivity index (χ4n) is 1.99. The summed E-state index contributed by atoms with van der Waals surface area (Å²) in [5.74, 6) is 0.749. The summed E-state index contributed by atoms with van der Waals surface area (Å²) in [6.45, 7) is 2.17. The van der Waals surface area contributed by atoms with Crippen molar-refractivity contribution >= 4 is 0 Å². The maximum Gasteiger partial charge on any atom is 0.125 e. The molecule has 3 heteroatoms. The monoisotopic (exact) mass is 193 g/mol. The first-order valence-electron chi connectivity index (χ1n) is 4.84. The highest BCUT2D eigenvalue weighted by Crippen LogP contribution is 2.38. The van der Waals surface area contributed by atoms with Crippen LogP contribution in [0.5, 0.6) is 5.75 Å². The van der Waals surface area contributed by atoms with Crippen molar-refractivity contribution in [3.63, 3.8) is 0 Å². The highest BCUT2D eigenvalue weighted by atomic mass is 16.5. The van der Waals surface area contributed by atoms with E-state index in [0.29, 0.717) is 6.42 Å². The number of benzene rings is 1. The third-order valence-electron chi connectivity index (χ3n) is 2.68. The molecule has 0 saturated heterocycles. The van der Waals surface area contributed by atoms with Gasteiger partial charge in [-0.05, 0) is 13.0 Å². The summed E-state index contributed by atoms with van der Waals surface area (Å²) in [5, 5.41) is 10.3. The average molecular weight is 193 g/mol. The van der Waals surface area contributed by atoms with Crippen LogP contribution in [0.1, 0.15) is 18.9 Å². The summed E-state index contributed by atoms with van der Waals surface area (Å²) in [4.78, 5) is 0. The number of fused-ring (bicyclic) bond motifs is 1. The molecule has 1 heterocycles. The van der Waals surface area contributed by atoms with Crippen LogP contribution in [-0.2, 0) is 5.60 Å². The van der Waals surface area contributed by atoms with E-state index in [4.69, 9.17) is 10.5 Å². The van der Waals surface area contributed by atoms with Gasteiger partial charge < -0.3 is 15.6 Å². The topological polar surface area (TPSA) is 55.5 Å². The molecule has 0 aliphatic carbocycles.